The van der Waals surface area contributed by atoms with Gasteiger partial charge in [0, 0.05) is 0 Å². The molecule has 0 saturated heterocycles. The number of aryl methyl sites for hydroxylation is 1. The second-order valence-electron chi connectivity index (χ2n) is 13.2. The van der Waals surface area contributed by atoms with Gasteiger partial charge >= 0.3 is 0 Å². The maximum Gasteiger partial charge on any atom is 0.181 e. The van der Waals surface area contributed by atoms with Crippen LogP contribution in [-0.2, 0) is 0 Å². The van der Waals surface area contributed by atoms with Gasteiger partial charge in [0.05, 0.1) is 22.5 Å². The van der Waals surface area contributed by atoms with Gasteiger partial charge in [0.15, 0.2) is 11.6 Å². The summed E-state index contributed by atoms with van der Waals surface area (Å²) in [4.78, 5) is 0. The third kappa shape index (κ3) is 4.51. The summed E-state index contributed by atoms with van der Waals surface area (Å²) in [5.41, 5.74) is 5.26. The molecule has 2 atom stereocenters. The van der Waals surface area contributed by atoms with Crippen LogP contribution in [0.2, 0.25) is 0 Å². The number of nitrogens with one attached hydrogen (secondary N) is 2. The Kier molecular flexibility index (Phi) is 7.58. The van der Waals surface area contributed by atoms with Crippen LogP contribution in [0.15, 0.2) is 182 Å². The fraction of sp³-hybridized carbons (Fsp3) is 0.0667. The summed E-state index contributed by atoms with van der Waals surface area (Å²) in [7, 11) is -4.72. The van der Waals surface area contributed by atoms with E-state index in [0.29, 0.717) is 5.75 Å². The molecule has 7 aromatic rings. The van der Waals surface area contributed by atoms with Gasteiger partial charge in [-0.15, -0.1) is 0 Å². The second-order valence-corrected chi connectivity index (χ2v) is 20.2. The van der Waals surface area contributed by atoms with Crippen molar-refractivity contribution in [1.82, 2.24) is 0 Å². The predicted molar refractivity (Wildman–Crippen MR) is 216 cm³/mol. The molecule has 2 aliphatic heterocycles. The molecule has 2 unspecified atom stereocenters. The number of anilines is 2. The minimum absolute atomic E-state index is 0.173. The average molecular weight is 685 g/mol. The van der Waals surface area contributed by atoms with Crippen molar-refractivity contribution in [2.45, 2.75) is 18.5 Å². The number of hydrogen-bond acceptors (Lipinski definition) is 3. The van der Waals surface area contributed by atoms with Crippen LogP contribution < -0.4 is 42.5 Å². The van der Waals surface area contributed by atoms with Gasteiger partial charge in [-0.1, -0.05) is 97.1 Å². The van der Waals surface area contributed by atoms with Crippen LogP contribution in [0.5, 0.6) is 5.75 Å². The lowest BCUT2D eigenvalue weighted by atomic mass is 10.0. The van der Waals surface area contributed by atoms with E-state index in [2.05, 4.69) is 200 Å². The van der Waals surface area contributed by atoms with Crippen molar-refractivity contribution in [2.24, 2.45) is 0 Å². The fourth-order valence-electron chi connectivity index (χ4n) is 8.50. The average Bonchev–Trinajstić information content (AvgIpc) is 3.72. The fourth-order valence-corrected chi connectivity index (χ4v) is 18.1. The molecule has 5 heteroatoms. The lowest BCUT2D eigenvalue weighted by Crippen LogP contribution is -2.33. The highest BCUT2D eigenvalue weighted by atomic mass is 31.2. The summed E-state index contributed by atoms with van der Waals surface area (Å²) in [5.74, 6) is 0.0142. The zero-order chi connectivity index (χ0) is 33.7. The molecule has 0 aromatic heterocycles. The molecule has 0 aliphatic carbocycles. The minimum atomic E-state index is -2.36. The molecule has 0 saturated carbocycles. The Morgan fingerprint density at radius 1 is 0.420 bits per heavy atom. The largest absolute Gasteiger partial charge is 0.507 e. The van der Waals surface area contributed by atoms with Gasteiger partial charge in [0.1, 0.15) is 52.1 Å². The first-order valence-electron chi connectivity index (χ1n) is 17.2. The van der Waals surface area contributed by atoms with Crippen molar-refractivity contribution in [3.8, 4) is 5.75 Å². The molecular weight excluding hydrogens is 646 g/mol. The molecule has 0 fully saturated rings. The smallest absolute Gasteiger partial charge is 0.181 e. The molecule has 7 aromatic carbocycles. The molecule has 0 radical (unpaired) electrons. The number of benzene rings is 7. The highest BCUT2D eigenvalue weighted by Gasteiger charge is 2.62. The summed E-state index contributed by atoms with van der Waals surface area (Å²) in [5, 5.41) is 28.8. The van der Waals surface area contributed by atoms with Gasteiger partial charge < -0.3 is 15.7 Å². The summed E-state index contributed by atoms with van der Waals surface area (Å²) >= 11 is 0. The molecule has 2 aliphatic rings. The van der Waals surface area contributed by atoms with Crippen molar-refractivity contribution in [1.29, 1.82) is 0 Å². The summed E-state index contributed by atoms with van der Waals surface area (Å²) < 4.78 is 0. The van der Waals surface area contributed by atoms with E-state index in [1.807, 2.05) is 0 Å². The number of rotatable bonds is 6. The van der Waals surface area contributed by atoms with E-state index in [9.17, 15) is 5.11 Å². The first kappa shape index (κ1) is 30.8. The zero-order valence-electron chi connectivity index (χ0n) is 27.8. The third-order valence-electron chi connectivity index (χ3n) is 10.5. The van der Waals surface area contributed by atoms with Crippen LogP contribution in [0.4, 0.5) is 11.4 Å². The van der Waals surface area contributed by atoms with Crippen molar-refractivity contribution >= 4 is 57.7 Å². The third-order valence-corrected chi connectivity index (χ3v) is 19.6. The Bertz CT molecular complexity index is 2070. The maximum absolute atomic E-state index is 13.0. The van der Waals surface area contributed by atoms with Crippen molar-refractivity contribution in [2.75, 3.05) is 10.6 Å². The second kappa shape index (κ2) is 12.3. The zero-order valence-corrected chi connectivity index (χ0v) is 29.6. The first-order valence-corrected chi connectivity index (χ1v) is 20.9. The number of phenols is 1. The molecular formula is C45H38N2OP2+2. The molecule has 242 valence electrons. The lowest BCUT2D eigenvalue weighted by Gasteiger charge is -2.32. The summed E-state index contributed by atoms with van der Waals surface area (Å²) in [6.07, 6.45) is 0. The molecule has 9 rings (SSSR count). The van der Waals surface area contributed by atoms with Crippen LogP contribution in [0.25, 0.3) is 0 Å². The molecule has 50 heavy (non-hydrogen) atoms. The van der Waals surface area contributed by atoms with Gasteiger partial charge in [0.2, 0.25) is 0 Å². The van der Waals surface area contributed by atoms with E-state index in [-0.39, 0.29) is 11.6 Å². The van der Waals surface area contributed by atoms with Crippen LogP contribution in [0.3, 0.4) is 0 Å². The van der Waals surface area contributed by atoms with E-state index in [0.717, 1.165) is 28.1 Å². The van der Waals surface area contributed by atoms with Gasteiger partial charge in [0.25, 0.3) is 0 Å². The Morgan fingerprint density at radius 2 is 0.720 bits per heavy atom. The number of aromatic hydroxyl groups is 1. The maximum atomic E-state index is 13.0. The van der Waals surface area contributed by atoms with E-state index in [1.54, 1.807) is 0 Å². The number of phenolic OH excluding ortho intramolecular Hbond substituents is 1. The summed E-state index contributed by atoms with van der Waals surface area (Å²) in [6.45, 7) is 2.17. The van der Waals surface area contributed by atoms with E-state index >= 15 is 0 Å². The van der Waals surface area contributed by atoms with E-state index < -0.39 is 14.5 Å². The van der Waals surface area contributed by atoms with Crippen molar-refractivity contribution in [3.05, 3.63) is 199 Å². The molecule has 0 bridgehead atoms. The van der Waals surface area contributed by atoms with Crippen LogP contribution in [-0.4, -0.2) is 5.11 Å². The molecule has 3 N–H and O–H groups in total. The van der Waals surface area contributed by atoms with Gasteiger partial charge in [-0.25, -0.2) is 0 Å². The SMILES string of the molecule is Cc1cc(C2Nc3ccccc3[P+]2(c2ccccc2)c2ccccc2)c(O)c(C2Nc3ccccc3[P+]2(c2ccccc2)c2ccccc2)c1. The molecule has 0 amide bonds. The van der Waals surface area contributed by atoms with Gasteiger partial charge in [-0.05, 0) is 97.4 Å². The number of fused-ring (bicyclic) bond motifs is 2. The van der Waals surface area contributed by atoms with Crippen molar-refractivity contribution < 1.29 is 5.11 Å². The number of hydrogen-bond donors (Lipinski definition) is 3. The lowest BCUT2D eigenvalue weighted by molar-refractivity contribution is 0.461. The highest BCUT2D eigenvalue weighted by Crippen LogP contribution is 2.74. The quantitative estimate of drug-likeness (QED) is 0.154. The van der Waals surface area contributed by atoms with E-state index in [4.69, 9.17) is 0 Å². The van der Waals surface area contributed by atoms with E-state index in [1.165, 1.54) is 31.8 Å². The normalized spacial score (nSPS) is 18.0. The van der Waals surface area contributed by atoms with Crippen LogP contribution in [0.1, 0.15) is 28.3 Å². The first-order chi connectivity index (χ1) is 24.6. The van der Waals surface area contributed by atoms with Gasteiger partial charge in [-0.3, -0.25) is 0 Å². The highest BCUT2D eigenvalue weighted by molar-refractivity contribution is 7.97. The minimum Gasteiger partial charge on any atom is -0.507 e. The van der Waals surface area contributed by atoms with Crippen LogP contribution >= 0.6 is 14.5 Å². The predicted octanol–water partition coefficient (Wildman–Crippen LogP) is 8.54. The molecule has 2 heterocycles. The molecule has 3 nitrogen and oxygen atoms in total. The number of para-hydroxylation sites is 2. The standard InChI is InChI=1S/C45H37N2OP2/c1-32-30-37(44-46-39-26-14-16-28-41(39)49(44,33-18-6-2-7-19-33)34-20-8-3-9-21-34)43(48)38(31-32)45-47-40-27-15-17-29-42(40)50(45,35-22-10-4-11-23-35)36-24-12-5-13-25-36/h2-31,44-47H,1H3/q+1/p+1. The Morgan fingerprint density at radius 3 is 1.06 bits per heavy atom. The van der Waals surface area contributed by atoms with Crippen molar-refractivity contribution in [3.63, 3.8) is 0 Å². The monoisotopic (exact) mass is 684 g/mol. The van der Waals surface area contributed by atoms with Gasteiger partial charge in [-0.2, -0.15) is 0 Å². The van der Waals surface area contributed by atoms with Crippen LogP contribution in [0, 0.1) is 6.92 Å². The molecule has 0 spiro atoms. The summed E-state index contributed by atoms with van der Waals surface area (Å²) in [6, 6.07) is 65.8. The Labute approximate surface area is 295 Å². The topological polar surface area (TPSA) is 44.3 Å². The Hall–Kier alpha value is -5.20. The Balaban J connectivity index is 1.33.